The highest BCUT2D eigenvalue weighted by Crippen LogP contribution is 2.49. The van der Waals surface area contributed by atoms with E-state index in [9.17, 15) is 9.36 Å². The number of alkyl halides is 3. The van der Waals surface area contributed by atoms with E-state index in [0.717, 1.165) is 16.6 Å². The average molecular weight is 526 g/mol. The first kappa shape index (κ1) is 25.7. The van der Waals surface area contributed by atoms with Crippen molar-refractivity contribution in [1.82, 2.24) is 9.88 Å². The van der Waals surface area contributed by atoms with Gasteiger partial charge in [-0.25, -0.2) is 4.79 Å². The summed E-state index contributed by atoms with van der Waals surface area (Å²) >= 11 is 17.3. The molecular formula is C21H28Cl3N2O5P. The first-order chi connectivity index (χ1) is 15.2. The Balaban J connectivity index is 1.83. The van der Waals surface area contributed by atoms with Crippen LogP contribution in [0.2, 0.25) is 0 Å². The molecule has 1 amide bonds. The molecule has 1 aromatic heterocycles. The van der Waals surface area contributed by atoms with Crippen LogP contribution >= 0.6 is 42.4 Å². The summed E-state index contributed by atoms with van der Waals surface area (Å²) in [6.07, 6.45) is 1.47. The molecule has 0 radical (unpaired) electrons. The molecule has 178 valence electrons. The van der Waals surface area contributed by atoms with Crippen molar-refractivity contribution in [3.63, 3.8) is 0 Å². The Kier molecular flexibility index (Phi) is 8.81. The second-order valence-corrected chi connectivity index (χ2v) is 12.2. The standard InChI is InChI=1S/C21H28Cl3N2O5P/c1-3-30-32(28,31-4-2)13-7-10-18-19-16(15-8-5-6-9-17(15)25-19)11-12-26(18)20(27)29-14-21(22,23)24/h5-6,8-9,18,25H,3-4,7,10-14H2,1-2H3. The van der Waals surface area contributed by atoms with Crippen LogP contribution in [0.3, 0.4) is 0 Å². The number of carbonyl (C=O) groups is 1. The molecule has 7 nitrogen and oxygen atoms in total. The van der Waals surface area contributed by atoms with E-state index in [-0.39, 0.29) is 18.8 Å². The minimum atomic E-state index is -3.18. The Morgan fingerprint density at radius 3 is 2.56 bits per heavy atom. The van der Waals surface area contributed by atoms with Crippen LogP contribution in [0.1, 0.15) is 44.0 Å². The minimum absolute atomic E-state index is 0.262. The van der Waals surface area contributed by atoms with Gasteiger partial charge in [0.1, 0.15) is 6.61 Å². The molecule has 32 heavy (non-hydrogen) atoms. The van der Waals surface area contributed by atoms with Gasteiger partial charge in [0.25, 0.3) is 0 Å². The van der Waals surface area contributed by atoms with Crippen LogP contribution in [0, 0.1) is 0 Å². The Bertz CT molecular complexity index is 968. The molecule has 0 fully saturated rings. The topological polar surface area (TPSA) is 80.9 Å². The number of carbonyl (C=O) groups excluding carboxylic acids is 1. The molecule has 1 N–H and O–H groups in total. The van der Waals surface area contributed by atoms with Crippen LogP contribution in [0.25, 0.3) is 10.9 Å². The fourth-order valence-electron chi connectivity index (χ4n) is 4.10. The second kappa shape index (κ2) is 11.0. The van der Waals surface area contributed by atoms with Crippen LogP contribution in [0.15, 0.2) is 24.3 Å². The first-order valence-electron chi connectivity index (χ1n) is 10.6. The van der Waals surface area contributed by atoms with Crippen LogP contribution < -0.4 is 0 Å². The van der Waals surface area contributed by atoms with Crippen molar-refractivity contribution < 1.29 is 23.1 Å². The number of ether oxygens (including phenoxy) is 1. The largest absolute Gasteiger partial charge is 0.445 e. The molecule has 1 aliphatic rings. The summed E-state index contributed by atoms with van der Waals surface area (Å²) in [6, 6.07) is 7.73. The Labute approximate surface area is 203 Å². The number of benzene rings is 1. The zero-order valence-electron chi connectivity index (χ0n) is 18.1. The maximum absolute atomic E-state index is 12.9. The average Bonchev–Trinajstić information content (AvgIpc) is 3.11. The Morgan fingerprint density at radius 2 is 1.91 bits per heavy atom. The summed E-state index contributed by atoms with van der Waals surface area (Å²) in [7, 11) is -3.18. The lowest BCUT2D eigenvalue weighted by Gasteiger charge is -2.35. The van der Waals surface area contributed by atoms with Crippen molar-refractivity contribution >= 4 is 59.4 Å². The molecule has 0 aliphatic carbocycles. The summed E-state index contributed by atoms with van der Waals surface area (Å²) in [4.78, 5) is 18.0. The van der Waals surface area contributed by atoms with E-state index in [1.807, 2.05) is 18.2 Å². The number of fused-ring (bicyclic) bond motifs is 3. The van der Waals surface area contributed by atoms with E-state index in [2.05, 4.69) is 11.1 Å². The first-order valence-corrected chi connectivity index (χ1v) is 13.5. The number of para-hydroxylation sites is 1. The van der Waals surface area contributed by atoms with Crippen molar-refractivity contribution in [3.05, 3.63) is 35.5 Å². The maximum atomic E-state index is 12.9. The summed E-state index contributed by atoms with van der Waals surface area (Å²) < 4.78 is 27.3. The van der Waals surface area contributed by atoms with Crippen LogP contribution in [-0.4, -0.2) is 52.3 Å². The number of nitrogens with one attached hydrogen (secondary N) is 1. The van der Waals surface area contributed by atoms with E-state index >= 15 is 0 Å². The molecule has 0 saturated heterocycles. The minimum Gasteiger partial charge on any atom is -0.445 e. The molecule has 3 rings (SSSR count). The van der Waals surface area contributed by atoms with Crippen LogP contribution in [0.4, 0.5) is 4.79 Å². The predicted molar refractivity (Wildman–Crippen MR) is 128 cm³/mol. The van der Waals surface area contributed by atoms with Crippen molar-refractivity contribution in [2.24, 2.45) is 0 Å². The van der Waals surface area contributed by atoms with Crippen molar-refractivity contribution in [2.75, 3.05) is 32.5 Å². The van der Waals surface area contributed by atoms with Gasteiger partial charge in [0, 0.05) is 23.1 Å². The zero-order valence-corrected chi connectivity index (χ0v) is 21.3. The Hall–Kier alpha value is -0.950. The van der Waals surface area contributed by atoms with Gasteiger partial charge in [0.05, 0.1) is 25.4 Å². The predicted octanol–water partition coefficient (Wildman–Crippen LogP) is 6.62. The van der Waals surface area contributed by atoms with E-state index in [1.54, 1.807) is 18.7 Å². The molecule has 2 aromatic rings. The number of halogens is 3. The van der Waals surface area contributed by atoms with Crippen molar-refractivity contribution in [3.8, 4) is 0 Å². The number of hydrogen-bond donors (Lipinski definition) is 1. The smallest absolute Gasteiger partial charge is 0.410 e. The lowest BCUT2D eigenvalue weighted by atomic mass is 9.95. The Morgan fingerprint density at radius 1 is 1.22 bits per heavy atom. The number of hydrogen-bond acceptors (Lipinski definition) is 5. The van der Waals surface area contributed by atoms with Gasteiger partial charge in [-0.3, -0.25) is 9.46 Å². The molecule has 2 heterocycles. The third-order valence-corrected chi connectivity index (χ3v) is 7.81. The number of H-pyrrole nitrogens is 1. The van der Waals surface area contributed by atoms with Gasteiger partial charge in [-0.05, 0) is 44.7 Å². The third kappa shape index (κ3) is 6.34. The molecular weight excluding hydrogens is 498 g/mol. The number of aromatic amines is 1. The second-order valence-electron chi connectivity index (χ2n) is 7.50. The lowest BCUT2D eigenvalue weighted by molar-refractivity contribution is 0.0809. The SMILES string of the molecule is CCOP(=O)(CCCC1c2[nH]c3ccccc3c2CCN1C(=O)OCC(Cl)(Cl)Cl)OCC. The number of aromatic nitrogens is 1. The summed E-state index contributed by atoms with van der Waals surface area (Å²) in [5.41, 5.74) is 3.13. The molecule has 0 bridgehead atoms. The number of amides is 1. The van der Waals surface area contributed by atoms with Crippen molar-refractivity contribution in [1.29, 1.82) is 0 Å². The molecule has 1 unspecified atom stereocenters. The van der Waals surface area contributed by atoms with Gasteiger partial charge in [-0.1, -0.05) is 53.0 Å². The van der Waals surface area contributed by atoms with E-state index in [4.69, 9.17) is 48.6 Å². The van der Waals surface area contributed by atoms with Gasteiger partial charge < -0.3 is 18.8 Å². The summed E-state index contributed by atoms with van der Waals surface area (Å²) in [5.74, 6) is 0. The van der Waals surface area contributed by atoms with Crippen LogP contribution in [0.5, 0.6) is 0 Å². The number of rotatable bonds is 9. The fraction of sp³-hybridized carbons (Fsp3) is 0.571. The zero-order chi connectivity index (χ0) is 23.4. The van der Waals surface area contributed by atoms with Crippen molar-refractivity contribution in [2.45, 2.75) is 42.9 Å². The van der Waals surface area contributed by atoms with E-state index < -0.39 is 17.5 Å². The van der Waals surface area contributed by atoms with Gasteiger partial charge in [-0.2, -0.15) is 0 Å². The van der Waals surface area contributed by atoms with Gasteiger partial charge in [0.15, 0.2) is 0 Å². The monoisotopic (exact) mass is 524 g/mol. The number of nitrogens with zero attached hydrogens (tertiary/aromatic N) is 1. The van der Waals surface area contributed by atoms with Gasteiger partial charge in [0.2, 0.25) is 3.79 Å². The molecule has 1 aromatic carbocycles. The highest BCUT2D eigenvalue weighted by atomic mass is 35.6. The molecule has 1 atom stereocenters. The summed E-state index contributed by atoms with van der Waals surface area (Å²) in [6.45, 7) is 4.30. The molecule has 1 aliphatic heterocycles. The van der Waals surface area contributed by atoms with Gasteiger partial charge >= 0.3 is 13.7 Å². The maximum Gasteiger partial charge on any atom is 0.410 e. The highest BCUT2D eigenvalue weighted by molar-refractivity contribution is 7.53. The summed E-state index contributed by atoms with van der Waals surface area (Å²) in [5, 5.41) is 1.14. The third-order valence-electron chi connectivity index (χ3n) is 5.31. The van der Waals surface area contributed by atoms with E-state index in [0.29, 0.717) is 39.0 Å². The molecule has 0 saturated carbocycles. The molecule has 0 spiro atoms. The van der Waals surface area contributed by atoms with Gasteiger partial charge in [-0.15, -0.1) is 0 Å². The fourth-order valence-corrected chi connectivity index (χ4v) is 5.95. The van der Waals surface area contributed by atoms with E-state index in [1.165, 1.54) is 5.56 Å². The normalized spacial score (nSPS) is 16.9. The van der Waals surface area contributed by atoms with Crippen LogP contribution in [-0.2, 0) is 24.8 Å². The lowest BCUT2D eigenvalue weighted by Crippen LogP contribution is -2.41. The highest BCUT2D eigenvalue weighted by Gasteiger charge is 2.36. The quantitative estimate of drug-likeness (QED) is 0.294. The molecule has 11 heteroatoms.